The van der Waals surface area contributed by atoms with Gasteiger partial charge in [-0.05, 0) is 24.6 Å². The molecular weight excluding hydrogens is 234 g/mol. The number of nitrogens with one attached hydrogen (secondary N) is 1. The van der Waals surface area contributed by atoms with Crippen LogP contribution in [0.15, 0.2) is 18.2 Å². The predicted octanol–water partition coefficient (Wildman–Crippen LogP) is 1.50. The highest BCUT2D eigenvalue weighted by Gasteiger charge is 2.14. The molecule has 0 saturated heterocycles. The van der Waals surface area contributed by atoms with Gasteiger partial charge in [-0.1, -0.05) is 6.07 Å². The van der Waals surface area contributed by atoms with Crippen LogP contribution in [-0.4, -0.2) is 38.8 Å². The molecule has 0 aromatic heterocycles. The third kappa shape index (κ3) is 3.87. The summed E-state index contributed by atoms with van der Waals surface area (Å²) < 4.78 is 15.3. The van der Waals surface area contributed by atoms with E-state index in [1.807, 2.05) is 13.0 Å². The Morgan fingerprint density at radius 1 is 1.22 bits per heavy atom. The van der Waals surface area contributed by atoms with E-state index in [4.69, 9.17) is 14.2 Å². The second-order valence-electron chi connectivity index (χ2n) is 4.02. The monoisotopic (exact) mass is 255 g/mol. The van der Waals surface area contributed by atoms with E-state index in [1.165, 1.54) is 7.11 Å². The van der Waals surface area contributed by atoms with Crippen molar-refractivity contribution in [2.45, 2.75) is 25.8 Å². The van der Waals surface area contributed by atoms with E-state index in [0.29, 0.717) is 12.3 Å². The van der Waals surface area contributed by atoms with Gasteiger partial charge in [0, 0.05) is 20.8 Å². The summed E-state index contributed by atoms with van der Waals surface area (Å²) in [6, 6.07) is 5.35. The first-order chi connectivity index (χ1) is 8.62. The van der Waals surface area contributed by atoms with E-state index in [1.54, 1.807) is 26.4 Å². The molecule has 0 amide bonds. The summed E-state index contributed by atoms with van der Waals surface area (Å²) in [5, 5.41) is 12.9. The Morgan fingerprint density at radius 2 is 1.89 bits per heavy atom. The van der Waals surface area contributed by atoms with E-state index in [-0.39, 0.29) is 18.1 Å². The lowest BCUT2D eigenvalue weighted by Crippen LogP contribution is -2.39. The predicted molar refractivity (Wildman–Crippen MR) is 68.8 cm³/mol. The highest BCUT2D eigenvalue weighted by atomic mass is 16.7. The first kappa shape index (κ1) is 14.8. The van der Waals surface area contributed by atoms with Crippen molar-refractivity contribution in [1.29, 1.82) is 0 Å². The molecule has 0 aliphatic heterocycles. The van der Waals surface area contributed by atoms with Crippen LogP contribution in [0.3, 0.4) is 0 Å². The number of ether oxygens (including phenoxy) is 3. The maximum atomic E-state index is 9.66. The number of rotatable bonds is 7. The summed E-state index contributed by atoms with van der Waals surface area (Å²) in [4.78, 5) is 0. The van der Waals surface area contributed by atoms with Crippen molar-refractivity contribution in [3.63, 3.8) is 0 Å². The van der Waals surface area contributed by atoms with E-state index in [9.17, 15) is 5.11 Å². The molecule has 0 bridgehead atoms. The zero-order valence-corrected chi connectivity index (χ0v) is 11.3. The SMILES string of the molecule is COc1ccc(CNC(C)C(OC)OC)cc1O. The lowest BCUT2D eigenvalue weighted by atomic mass is 10.2. The van der Waals surface area contributed by atoms with Crippen LogP contribution in [0, 0.1) is 0 Å². The van der Waals surface area contributed by atoms with Crippen molar-refractivity contribution in [1.82, 2.24) is 5.32 Å². The van der Waals surface area contributed by atoms with E-state index in [2.05, 4.69) is 5.32 Å². The summed E-state index contributed by atoms with van der Waals surface area (Å²) in [6.07, 6.45) is -0.295. The maximum Gasteiger partial charge on any atom is 0.171 e. The summed E-state index contributed by atoms with van der Waals surface area (Å²) in [7, 11) is 4.73. The van der Waals surface area contributed by atoms with Crippen molar-refractivity contribution in [2.75, 3.05) is 21.3 Å². The standard InChI is InChI=1S/C13H21NO4/c1-9(13(17-3)18-4)14-8-10-5-6-12(16-2)11(15)7-10/h5-7,9,13-15H,8H2,1-4H3. The zero-order valence-electron chi connectivity index (χ0n) is 11.3. The Morgan fingerprint density at radius 3 is 2.39 bits per heavy atom. The highest BCUT2D eigenvalue weighted by Crippen LogP contribution is 2.26. The topological polar surface area (TPSA) is 60.0 Å². The Labute approximate surface area is 108 Å². The molecule has 1 aromatic carbocycles. The fraction of sp³-hybridized carbons (Fsp3) is 0.538. The van der Waals surface area contributed by atoms with Gasteiger partial charge in [0.1, 0.15) is 0 Å². The van der Waals surface area contributed by atoms with E-state index in [0.717, 1.165) is 5.56 Å². The largest absolute Gasteiger partial charge is 0.504 e. The van der Waals surface area contributed by atoms with Gasteiger partial charge in [0.2, 0.25) is 0 Å². The Bertz CT molecular complexity index is 366. The van der Waals surface area contributed by atoms with Crippen LogP contribution in [0.5, 0.6) is 11.5 Å². The first-order valence-electron chi connectivity index (χ1n) is 5.77. The number of hydrogen-bond acceptors (Lipinski definition) is 5. The lowest BCUT2D eigenvalue weighted by Gasteiger charge is -2.22. The number of phenolic OH excluding ortho intramolecular Hbond substituents is 1. The summed E-state index contributed by atoms with van der Waals surface area (Å²) in [5.74, 6) is 0.609. The molecule has 5 nitrogen and oxygen atoms in total. The molecule has 5 heteroatoms. The van der Waals surface area contributed by atoms with Crippen LogP contribution >= 0.6 is 0 Å². The molecule has 1 unspecified atom stereocenters. The molecule has 0 fully saturated rings. The third-order valence-corrected chi connectivity index (χ3v) is 2.74. The maximum absolute atomic E-state index is 9.66. The van der Waals surface area contributed by atoms with Crippen LogP contribution in [0.25, 0.3) is 0 Å². The number of benzene rings is 1. The molecule has 0 saturated carbocycles. The number of hydrogen-bond donors (Lipinski definition) is 2. The van der Waals surface area contributed by atoms with E-state index >= 15 is 0 Å². The van der Waals surface area contributed by atoms with Gasteiger partial charge in [-0.3, -0.25) is 0 Å². The van der Waals surface area contributed by atoms with Gasteiger partial charge in [0.05, 0.1) is 13.2 Å². The van der Waals surface area contributed by atoms with Crippen molar-refractivity contribution in [2.24, 2.45) is 0 Å². The zero-order chi connectivity index (χ0) is 13.5. The second-order valence-corrected chi connectivity index (χ2v) is 4.02. The van der Waals surface area contributed by atoms with Crippen LogP contribution in [0.2, 0.25) is 0 Å². The van der Waals surface area contributed by atoms with Crippen molar-refractivity contribution < 1.29 is 19.3 Å². The van der Waals surface area contributed by atoms with Gasteiger partial charge < -0.3 is 24.6 Å². The molecule has 1 aromatic rings. The molecule has 0 aliphatic carbocycles. The minimum absolute atomic E-state index is 0.0456. The molecule has 18 heavy (non-hydrogen) atoms. The van der Waals surface area contributed by atoms with Crippen LogP contribution < -0.4 is 10.1 Å². The second kappa shape index (κ2) is 7.20. The van der Waals surface area contributed by atoms with E-state index < -0.39 is 0 Å². The summed E-state index contributed by atoms with van der Waals surface area (Å²) in [6.45, 7) is 2.59. The number of aromatic hydroxyl groups is 1. The molecule has 0 aliphatic rings. The minimum Gasteiger partial charge on any atom is -0.504 e. The normalized spacial score (nSPS) is 12.7. The molecule has 0 radical (unpaired) electrons. The van der Waals surface area contributed by atoms with Gasteiger partial charge in [-0.25, -0.2) is 0 Å². The average molecular weight is 255 g/mol. The van der Waals surface area contributed by atoms with Gasteiger partial charge in [-0.2, -0.15) is 0 Å². The van der Waals surface area contributed by atoms with Crippen molar-refractivity contribution in [3.05, 3.63) is 23.8 Å². The minimum atomic E-state index is -0.295. The Balaban J connectivity index is 2.55. The summed E-state index contributed by atoms with van der Waals surface area (Å²) >= 11 is 0. The summed E-state index contributed by atoms with van der Waals surface area (Å²) in [5.41, 5.74) is 0.964. The molecule has 0 heterocycles. The molecule has 1 atom stereocenters. The smallest absolute Gasteiger partial charge is 0.171 e. The molecular formula is C13H21NO4. The molecule has 1 rings (SSSR count). The van der Waals surface area contributed by atoms with Crippen molar-refractivity contribution >= 4 is 0 Å². The first-order valence-corrected chi connectivity index (χ1v) is 5.77. The van der Waals surface area contributed by atoms with Gasteiger partial charge in [0.25, 0.3) is 0 Å². The molecule has 0 spiro atoms. The third-order valence-electron chi connectivity index (χ3n) is 2.74. The van der Waals surface area contributed by atoms with Crippen LogP contribution in [-0.2, 0) is 16.0 Å². The molecule has 2 N–H and O–H groups in total. The van der Waals surface area contributed by atoms with Gasteiger partial charge in [-0.15, -0.1) is 0 Å². The Hall–Kier alpha value is -1.30. The number of phenols is 1. The van der Waals surface area contributed by atoms with Gasteiger partial charge in [0.15, 0.2) is 17.8 Å². The average Bonchev–Trinajstić information content (AvgIpc) is 2.38. The quantitative estimate of drug-likeness (QED) is 0.723. The number of methoxy groups -OCH3 is 3. The van der Waals surface area contributed by atoms with Crippen LogP contribution in [0.1, 0.15) is 12.5 Å². The highest BCUT2D eigenvalue weighted by molar-refractivity contribution is 5.41. The molecule has 102 valence electrons. The Kier molecular flexibility index (Phi) is 5.91. The van der Waals surface area contributed by atoms with Crippen LogP contribution in [0.4, 0.5) is 0 Å². The van der Waals surface area contributed by atoms with Crippen molar-refractivity contribution in [3.8, 4) is 11.5 Å². The fourth-order valence-corrected chi connectivity index (χ4v) is 1.73. The van der Waals surface area contributed by atoms with Gasteiger partial charge >= 0.3 is 0 Å². The lowest BCUT2D eigenvalue weighted by molar-refractivity contribution is -0.119. The fourth-order valence-electron chi connectivity index (χ4n) is 1.73.